The number of ether oxygens (including phenoxy) is 1. The maximum absolute atomic E-state index is 5.57. The van der Waals surface area contributed by atoms with E-state index in [2.05, 4.69) is 49.5 Å². The largest absolute Gasteiger partial charge is 0.378 e. The molecule has 2 heteroatoms. The zero-order valence-electron chi connectivity index (χ0n) is 10.4. The Morgan fingerprint density at radius 3 is 2.56 bits per heavy atom. The molecule has 0 radical (unpaired) electrons. The van der Waals surface area contributed by atoms with Crippen molar-refractivity contribution in [3.8, 4) is 0 Å². The summed E-state index contributed by atoms with van der Waals surface area (Å²) in [6.45, 7) is 5.39. The minimum atomic E-state index is -0.0312. The van der Waals surface area contributed by atoms with E-state index in [-0.39, 0.29) is 5.60 Å². The van der Waals surface area contributed by atoms with Crippen molar-refractivity contribution in [2.45, 2.75) is 31.9 Å². The average Bonchev–Trinajstić information content (AvgIpc) is 2.80. The Labute approximate surface area is 98.0 Å². The highest BCUT2D eigenvalue weighted by Crippen LogP contribution is 2.34. The minimum Gasteiger partial charge on any atom is -0.378 e. The molecule has 1 N–H and O–H groups in total. The fourth-order valence-corrected chi connectivity index (χ4v) is 2.37. The van der Waals surface area contributed by atoms with Crippen LogP contribution >= 0.6 is 0 Å². The molecule has 0 saturated carbocycles. The van der Waals surface area contributed by atoms with Gasteiger partial charge in [-0.25, -0.2) is 0 Å². The summed E-state index contributed by atoms with van der Waals surface area (Å²) >= 11 is 0. The zero-order chi connectivity index (χ0) is 11.6. The van der Waals surface area contributed by atoms with Gasteiger partial charge >= 0.3 is 0 Å². The van der Waals surface area contributed by atoms with Crippen LogP contribution in [0, 0.1) is 5.92 Å². The van der Waals surface area contributed by atoms with Crippen LogP contribution in [0.25, 0.3) is 0 Å². The van der Waals surface area contributed by atoms with E-state index in [0.29, 0.717) is 12.0 Å². The van der Waals surface area contributed by atoms with Gasteiger partial charge in [0.2, 0.25) is 0 Å². The first-order valence-electron chi connectivity index (χ1n) is 5.97. The van der Waals surface area contributed by atoms with Crippen LogP contribution in [0.3, 0.4) is 0 Å². The number of methoxy groups -OCH3 is 1. The third-order valence-electron chi connectivity index (χ3n) is 3.84. The van der Waals surface area contributed by atoms with Gasteiger partial charge in [-0.05, 0) is 25.8 Å². The van der Waals surface area contributed by atoms with Gasteiger partial charge in [0.15, 0.2) is 0 Å². The van der Waals surface area contributed by atoms with Crippen LogP contribution in [0.1, 0.15) is 31.9 Å². The molecule has 0 aliphatic carbocycles. The van der Waals surface area contributed by atoms with Crippen molar-refractivity contribution in [2.75, 3.05) is 13.7 Å². The highest BCUT2D eigenvalue weighted by atomic mass is 16.5. The lowest BCUT2D eigenvalue weighted by molar-refractivity contribution is -0.0219. The Kier molecular flexibility index (Phi) is 3.31. The molecule has 0 bridgehead atoms. The van der Waals surface area contributed by atoms with E-state index < -0.39 is 0 Å². The molecule has 1 aliphatic heterocycles. The van der Waals surface area contributed by atoms with Crippen molar-refractivity contribution in [3.05, 3.63) is 35.9 Å². The number of nitrogens with one attached hydrogen (secondary N) is 1. The first-order chi connectivity index (χ1) is 7.63. The SMILES string of the molecule is COC(C)(C)C1CNC(c2ccccc2)C1. The first-order valence-corrected chi connectivity index (χ1v) is 5.97. The molecule has 2 atom stereocenters. The summed E-state index contributed by atoms with van der Waals surface area (Å²) in [5.41, 5.74) is 1.35. The smallest absolute Gasteiger partial charge is 0.0663 e. The fraction of sp³-hybridized carbons (Fsp3) is 0.571. The lowest BCUT2D eigenvalue weighted by Gasteiger charge is -2.29. The molecule has 1 fully saturated rings. The lowest BCUT2D eigenvalue weighted by atomic mass is 9.87. The molecular formula is C14H21NO. The Bertz CT molecular complexity index is 334. The van der Waals surface area contributed by atoms with Gasteiger partial charge < -0.3 is 10.1 Å². The van der Waals surface area contributed by atoms with Gasteiger partial charge in [0.25, 0.3) is 0 Å². The summed E-state index contributed by atoms with van der Waals surface area (Å²) in [6, 6.07) is 11.1. The van der Waals surface area contributed by atoms with Crippen molar-refractivity contribution in [2.24, 2.45) is 5.92 Å². The van der Waals surface area contributed by atoms with Gasteiger partial charge in [-0.2, -0.15) is 0 Å². The van der Waals surface area contributed by atoms with Gasteiger partial charge in [0.05, 0.1) is 5.60 Å². The van der Waals surface area contributed by atoms with E-state index in [1.54, 1.807) is 7.11 Å². The Hall–Kier alpha value is -0.860. The van der Waals surface area contributed by atoms with Gasteiger partial charge in [-0.1, -0.05) is 30.3 Å². The highest BCUT2D eigenvalue weighted by Gasteiger charge is 2.36. The summed E-state index contributed by atoms with van der Waals surface area (Å²) in [5.74, 6) is 0.586. The van der Waals surface area contributed by atoms with E-state index >= 15 is 0 Å². The van der Waals surface area contributed by atoms with Crippen molar-refractivity contribution in [3.63, 3.8) is 0 Å². The molecule has 0 spiro atoms. The minimum absolute atomic E-state index is 0.0312. The van der Waals surface area contributed by atoms with E-state index in [1.807, 2.05) is 0 Å². The number of benzene rings is 1. The molecule has 0 amide bonds. The summed E-state index contributed by atoms with van der Waals surface area (Å²) in [6.07, 6.45) is 1.16. The second kappa shape index (κ2) is 4.56. The van der Waals surface area contributed by atoms with Crippen LogP contribution in [-0.4, -0.2) is 19.3 Å². The topological polar surface area (TPSA) is 21.3 Å². The molecule has 1 aliphatic rings. The lowest BCUT2D eigenvalue weighted by Crippen LogP contribution is -2.34. The van der Waals surface area contributed by atoms with Crippen LogP contribution in [0.5, 0.6) is 0 Å². The molecule has 0 aromatic heterocycles. The Morgan fingerprint density at radius 1 is 1.25 bits per heavy atom. The maximum Gasteiger partial charge on any atom is 0.0663 e. The van der Waals surface area contributed by atoms with Crippen LogP contribution in [0.4, 0.5) is 0 Å². The summed E-state index contributed by atoms with van der Waals surface area (Å²) in [5, 5.41) is 3.58. The third kappa shape index (κ3) is 2.28. The maximum atomic E-state index is 5.57. The van der Waals surface area contributed by atoms with Gasteiger partial charge in [0.1, 0.15) is 0 Å². The number of hydrogen-bond acceptors (Lipinski definition) is 2. The van der Waals surface area contributed by atoms with E-state index in [1.165, 1.54) is 5.56 Å². The molecule has 2 unspecified atom stereocenters. The monoisotopic (exact) mass is 219 g/mol. The van der Waals surface area contributed by atoms with Crippen molar-refractivity contribution >= 4 is 0 Å². The second-order valence-electron chi connectivity index (χ2n) is 5.11. The molecular weight excluding hydrogens is 198 g/mol. The second-order valence-corrected chi connectivity index (χ2v) is 5.11. The van der Waals surface area contributed by atoms with Gasteiger partial charge in [-0.3, -0.25) is 0 Å². The van der Waals surface area contributed by atoms with E-state index in [0.717, 1.165) is 13.0 Å². The van der Waals surface area contributed by atoms with Gasteiger partial charge in [0, 0.05) is 25.6 Å². The molecule has 2 nitrogen and oxygen atoms in total. The molecule has 2 rings (SSSR count). The zero-order valence-corrected chi connectivity index (χ0v) is 10.4. The summed E-state index contributed by atoms with van der Waals surface area (Å²) < 4.78 is 5.57. The quantitative estimate of drug-likeness (QED) is 0.844. The normalized spacial score (nSPS) is 25.9. The molecule has 88 valence electrons. The highest BCUT2D eigenvalue weighted by molar-refractivity contribution is 5.20. The molecule has 1 aromatic rings. The Balaban J connectivity index is 2.04. The van der Waals surface area contributed by atoms with Crippen LogP contribution in [-0.2, 0) is 4.74 Å². The third-order valence-corrected chi connectivity index (χ3v) is 3.84. The van der Waals surface area contributed by atoms with Crippen LogP contribution in [0.15, 0.2) is 30.3 Å². The molecule has 16 heavy (non-hydrogen) atoms. The van der Waals surface area contributed by atoms with Gasteiger partial charge in [-0.15, -0.1) is 0 Å². The summed E-state index contributed by atoms with van der Waals surface area (Å²) in [7, 11) is 1.80. The predicted molar refractivity (Wildman–Crippen MR) is 66.4 cm³/mol. The van der Waals surface area contributed by atoms with Crippen LogP contribution < -0.4 is 5.32 Å². The van der Waals surface area contributed by atoms with Crippen molar-refractivity contribution in [1.82, 2.24) is 5.32 Å². The number of rotatable bonds is 3. The first kappa shape index (κ1) is 11.6. The Morgan fingerprint density at radius 2 is 1.94 bits per heavy atom. The van der Waals surface area contributed by atoms with Crippen molar-refractivity contribution in [1.29, 1.82) is 0 Å². The summed E-state index contributed by atoms with van der Waals surface area (Å²) in [4.78, 5) is 0. The fourth-order valence-electron chi connectivity index (χ4n) is 2.37. The average molecular weight is 219 g/mol. The van der Waals surface area contributed by atoms with Crippen molar-refractivity contribution < 1.29 is 4.74 Å². The molecule has 1 saturated heterocycles. The van der Waals surface area contributed by atoms with E-state index in [9.17, 15) is 0 Å². The standard InChI is InChI=1S/C14H21NO/c1-14(2,16-3)12-9-13(15-10-12)11-7-5-4-6-8-11/h4-8,12-13,15H,9-10H2,1-3H3. The predicted octanol–water partition coefficient (Wildman–Crippen LogP) is 2.76. The van der Waals surface area contributed by atoms with E-state index in [4.69, 9.17) is 4.74 Å². The van der Waals surface area contributed by atoms with Crippen LogP contribution in [0.2, 0.25) is 0 Å². The molecule has 1 heterocycles. The molecule has 1 aromatic carbocycles. The number of hydrogen-bond donors (Lipinski definition) is 1.